The van der Waals surface area contributed by atoms with Crippen molar-refractivity contribution in [3.05, 3.63) is 24.3 Å². The van der Waals surface area contributed by atoms with Crippen LogP contribution in [-0.4, -0.2) is 97.1 Å². The molecule has 13 nitrogen and oxygen atoms in total. The van der Waals surface area contributed by atoms with E-state index in [1.165, 1.54) is 11.8 Å². The number of thioether (sulfide) groups is 1. The van der Waals surface area contributed by atoms with E-state index in [1.807, 2.05) is 18.2 Å². The number of carboxylic acid groups (broad SMARTS) is 3. The minimum absolute atomic E-state index is 0.0610. The number of aliphatic carboxylic acids is 3. The van der Waals surface area contributed by atoms with Crippen LogP contribution in [0.25, 0.3) is 0 Å². The van der Waals surface area contributed by atoms with Crippen molar-refractivity contribution in [2.24, 2.45) is 17.6 Å². The standard InChI is InChI=1S/C30H49N3O10S/c1-2-3-6-9-19(34)12-13-20-21(10-7-4-5-8-11-27(37)38)25(16-24(20)35)44-18-23(29(41)32-17-28(39)40)33-26(36)15-14-22(31)30(42)43/h4,7,12-13,19-25,34-35H,2-3,5-6,8-11,14-18,31H2,1H3,(H,32,41)(H,33,36)(H,37,38)(H,39,40)(H,42,43)/b7-4-,13-12+/t19-,20+,21+,22-,23-,24?,25?/m0/s1. The van der Waals surface area contributed by atoms with Crippen LogP contribution in [0, 0.1) is 11.8 Å². The first-order chi connectivity index (χ1) is 20.8. The molecule has 0 radical (unpaired) electrons. The van der Waals surface area contributed by atoms with Crippen molar-refractivity contribution in [2.45, 2.75) is 107 Å². The summed E-state index contributed by atoms with van der Waals surface area (Å²) in [4.78, 5) is 58.1. The van der Waals surface area contributed by atoms with E-state index < -0.39 is 60.6 Å². The predicted octanol–water partition coefficient (Wildman–Crippen LogP) is 1.66. The first-order valence-corrected chi connectivity index (χ1v) is 16.2. The van der Waals surface area contributed by atoms with E-state index in [9.17, 15) is 34.2 Å². The van der Waals surface area contributed by atoms with Gasteiger partial charge in [0, 0.05) is 29.8 Å². The Morgan fingerprint density at radius 1 is 1.00 bits per heavy atom. The fourth-order valence-electron chi connectivity index (χ4n) is 4.94. The van der Waals surface area contributed by atoms with Crippen LogP contribution in [0.1, 0.15) is 77.6 Å². The maximum absolute atomic E-state index is 12.8. The van der Waals surface area contributed by atoms with Gasteiger partial charge in [0.15, 0.2) is 0 Å². The van der Waals surface area contributed by atoms with Gasteiger partial charge in [-0.3, -0.25) is 24.0 Å². The van der Waals surface area contributed by atoms with Crippen molar-refractivity contribution >= 4 is 41.5 Å². The Balaban J connectivity index is 3.02. The number of nitrogens with one attached hydrogen (secondary N) is 2. The summed E-state index contributed by atoms with van der Waals surface area (Å²) in [7, 11) is 0. The number of allylic oxidation sites excluding steroid dienone is 2. The molecule has 1 rings (SSSR count). The van der Waals surface area contributed by atoms with Gasteiger partial charge in [-0.1, -0.05) is 50.5 Å². The van der Waals surface area contributed by atoms with Crippen molar-refractivity contribution in [2.75, 3.05) is 12.3 Å². The summed E-state index contributed by atoms with van der Waals surface area (Å²) in [6.07, 6.45) is 11.3. The zero-order chi connectivity index (χ0) is 33.1. The van der Waals surface area contributed by atoms with Gasteiger partial charge in [-0.15, -0.1) is 0 Å². The van der Waals surface area contributed by atoms with E-state index in [0.29, 0.717) is 32.1 Å². The molecule has 44 heavy (non-hydrogen) atoms. The Morgan fingerprint density at radius 3 is 2.36 bits per heavy atom. The lowest BCUT2D eigenvalue weighted by molar-refractivity contribution is -0.139. The number of carbonyl (C=O) groups excluding carboxylic acids is 2. The van der Waals surface area contributed by atoms with E-state index in [2.05, 4.69) is 17.6 Å². The molecule has 14 heteroatoms. The highest BCUT2D eigenvalue weighted by Gasteiger charge is 2.41. The molecule has 0 saturated heterocycles. The van der Waals surface area contributed by atoms with E-state index in [0.717, 1.165) is 19.3 Å². The number of amides is 2. The van der Waals surface area contributed by atoms with Crippen LogP contribution in [0.2, 0.25) is 0 Å². The molecule has 7 atom stereocenters. The van der Waals surface area contributed by atoms with Crippen LogP contribution < -0.4 is 16.4 Å². The molecule has 2 unspecified atom stereocenters. The molecule has 1 aliphatic rings. The normalized spacial score (nSPS) is 22.1. The highest BCUT2D eigenvalue weighted by atomic mass is 32.2. The van der Waals surface area contributed by atoms with E-state index in [-0.39, 0.29) is 42.1 Å². The molecule has 0 spiro atoms. The summed E-state index contributed by atoms with van der Waals surface area (Å²) in [6.45, 7) is 1.43. The zero-order valence-corrected chi connectivity index (χ0v) is 26.1. The van der Waals surface area contributed by atoms with Gasteiger partial charge >= 0.3 is 17.9 Å². The van der Waals surface area contributed by atoms with Gasteiger partial charge in [0.1, 0.15) is 18.6 Å². The van der Waals surface area contributed by atoms with E-state index >= 15 is 0 Å². The molecule has 2 amide bonds. The molecule has 0 heterocycles. The largest absolute Gasteiger partial charge is 0.481 e. The van der Waals surface area contributed by atoms with Crippen molar-refractivity contribution in [3.63, 3.8) is 0 Å². The van der Waals surface area contributed by atoms with Crippen LogP contribution in [0.5, 0.6) is 0 Å². The van der Waals surface area contributed by atoms with Crippen molar-refractivity contribution in [1.29, 1.82) is 0 Å². The highest BCUT2D eigenvalue weighted by molar-refractivity contribution is 8.00. The molecule has 1 saturated carbocycles. The van der Waals surface area contributed by atoms with Gasteiger partial charge in [-0.25, -0.2) is 0 Å². The van der Waals surface area contributed by atoms with Crippen LogP contribution in [-0.2, 0) is 24.0 Å². The number of aliphatic hydroxyl groups excluding tert-OH is 2. The number of hydrogen-bond donors (Lipinski definition) is 8. The molecular formula is C30H49N3O10S. The average Bonchev–Trinajstić information content (AvgIpc) is 3.26. The fraction of sp³-hybridized carbons (Fsp3) is 0.700. The first-order valence-electron chi connectivity index (χ1n) is 15.2. The van der Waals surface area contributed by atoms with Crippen molar-refractivity contribution < 1.29 is 49.5 Å². The molecule has 0 aliphatic heterocycles. The predicted molar refractivity (Wildman–Crippen MR) is 166 cm³/mol. The maximum Gasteiger partial charge on any atom is 0.322 e. The maximum atomic E-state index is 12.8. The van der Waals surface area contributed by atoms with Crippen LogP contribution in [0.15, 0.2) is 24.3 Å². The minimum Gasteiger partial charge on any atom is -0.481 e. The van der Waals surface area contributed by atoms with Crippen molar-refractivity contribution in [1.82, 2.24) is 10.6 Å². The van der Waals surface area contributed by atoms with Gasteiger partial charge in [0.2, 0.25) is 11.8 Å². The third-order valence-corrected chi connectivity index (χ3v) is 8.92. The third kappa shape index (κ3) is 16.2. The van der Waals surface area contributed by atoms with Crippen LogP contribution in [0.4, 0.5) is 0 Å². The SMILES string of the molecule is CCCCC[C@H](O)/C=C/[C@H]1C(O)CC(SC[C@H](NC(=O)CC[C@H](N)C(=O)O)C(=O)NCC(=O)O)[C@@H]1C/C=C\CCCC(=O)O. The number of aliphatic hydroxyl groups is 2. The summed E-state index contributed by atoms with van der Waals surface area (Å²) in [5.41, 5.74) is 5.47. The van der Waals surface area contributed by atoms with Gasteiger partial charge in [-0.05, 0) is 44.4 Å². The molecule has 0 aromatic heterocycles. The fourth-order valence-corrected chi connectivity index (χ4v) is 6.49. The highest BCUT2D eigenvalue weighted by Crippen LogP contribution is 2.43. The minimum atomic E-state index is -1.26. The third-order valence-electron chi connectivity index (χ3n) is 7.43. The molecule has 1 aliphatic carbocycles. The zero-order valence-electron chi connectivity index (χ0n) is 25.3. The molecule has 0 bridgehead atoms. The molecule has 250 valence electrons. The molecule has 1 fully saturated rings. The quantitative estimate of drug-likeness (QED) is 0.0586. The number of nitrogens with two attached hydrogens (primary N) is 1. The molecular weight excluding hydrogens is 594 g/mol. The lowest BCUT2D eigenvalue weighted by Crippen LogP contribution is -2.49. The van der Waals surface area contributed by atoms with E-state index in [4.69, 9.17) is 21.1 Å². The van der Waals surface area contributed by atoms with Gasteiger partial charge in [0.05, 0.1) is 12.2 Å². The summed E-state index contributed by atoms with van der Waals surface area (Å²) in [5.74, 6) is -5.03. The number of rotatable bonds is 23. The summed E-state index contributed by atoms with van der Waals surface area (Å²) in [6, 6.07) is -2.37. The summed E-state index contributed by atoms with van der Waals surface area (Å²) >= 11 is 1.36. The van der Waals surface area contributed by atoms with Crippen LogP contribution in [0.3, 0.4) is 0 Å². The Labute approximate surface area is 262 Å². The topological polar surface area (TPSA) is 237 Å². The average molecular weight is 644 g/mol. The second-order valence-corrected chi connectivity index (χ2v) is 12.3. The Kier molecular flexibility index (Phi) is 19.3. The Bertz CT molecular complexity index is 992. The smallest absolute Gasteiger partial charge is 0.322 e. The van der Waals surface area contributed by atoms with Gasteiger partial charge < -0.3 is 41.9 Å². The molecule has 0 aromatic carbocycles. The number of carboxylic acids is 3. The number of carbonyl (C=O) groups is 5. The summed E-state index contributed by atoms with van der Waals surface area (Å²) in [5, 5.41) is 52.8. The Hall–Kier alpha value is -2.94. The summed E-state index contributed by atoms with van der Waals surface area (Å²) < 4.78 is 0. The lowest BCUT2D eigenvalue weighted by Gasteiger charge is -2.25. The van der Waals surface area contributed by atoms with Gasteiger partial charge in [0.25, 0.3) is 0 Å². The molecule has 9 N–H and O–H groups in total. The second-order valence-electron chi connectivity index (χ2n) is 11.1. The number of unbranched alkanes of at least 4 members (excludes halogenated alkanes) is 3. The van der Waals surface area contributed by atoms with Crippen LogP contribution >= 0.6 is 11.8 Å². The number of hydrogen-bond acceptors (Lipinski definition) is 9. The van der Waals surface area contributed by atoms with Gasteiger partial charge in [-0.2, -0.15) is 11.8 Å². The second kappa shape index (κ2) is 21.7. The lowest BCUT2D eigenvalue weighted by atomic mass is 9.90. The van der Waals surface area contributed by atoms with E-state index in [1.54, 1.807) is 6.08 Å². The first kappa shape index (κ1) is 39.1. The molecule has 0 aromatic rings. The Morgan fingerprint density at radius 2 is 1.73 bits per heavy atom. The monoisotopic (exact) mass is 643 g/mol. The van der Waals surface area contributed by atoms with Crippen molar-refractivity contribution in [3.8, 4) is 0 Å².